The second kappa shape index (κ2) is 5.20. The summed E-state index contributed by atoms with van der Waals surface area (Å²) in [6, 6.07) is 1.67. The Bertz CT molecular complexity index is 438. The lowest BCUT2D eigenvalue weighted by atomic mass is 9.91. The quantitative estimate of drug-likeness (QED) is 0.864. The summed E-state index contributed by atoms with van der Waals surface area (Å²) in [7, 11) is 1.55. The number of carbonyl (C=O) groups is 1. The summed E-state index contributed by atoms with van der Waals surface area (Å²) < 4.78 is 5.05. The first kappa shape index (κ1) is 12.6. The summed E-state index contributed by atoms with van der Waals surface area (Å²) >= 11 is 0. The van der Waals surface area contributed by atoms with E-state index < -0.39 is 5.97 Å². The highest BCUT2D eigenvalue weighted by molar-refractivity contribution is 5.71. The molecule has 0 aliphatic carbocycles. The third-order valence-corrected chi connectivity index (χ3v) is 3.12. The number of hydrogen-bond acceptors (Lipinski definition) is 5. The number of piperidine rings is 1. The minimum absolute atomic E-state index is 0.314. The molecule has 0 amide bonds. The Morgan fingerprint density at radius 3 is 3.00 bits per heavy atom. The van der Waals surface area contributed by atoms with Gasteiger partial charge >= 0.3 is 5.97 Å². The molecule has 1 aromatic heterocycles. The number of rotatable bonds is 3. The number of nitrogens with zero attached hydrogens (tertiary/aromatic N) is 3. The van der Waals surface area contributed by atoms with E-state index in [0.29, 0.717) is 30.7 Å². The van der Waals surface area contributed by atoms with Crippen LogP contribution in [0.1, 0.15) is 13.3 Å². The van der Waals surface area contributed by atoms with Crippen molar-refractivity contribution in [2.45, 2.75) is 13.3 Å². The van der Waals surface area contributed by atoms with Crippen LogP contribution < -0.4 is 9.64 Å². The molecule has 1 aliphatic heterocycles. The van der Waals surface area contributed by atoms with E-state index in [1.165, 1.54) is 0 Å². The van der Waals surface area contributed by atoms with Crippen LogP contribution >= 0.6 is 0 Å². The summed E-state index contributed by atoms with van der Waals surface area (Å²) in [6.07, 6.45) is 2.33. The number of carboxylic acid groups (broad SMARTS) is 1. The molecule has 0 saturated carbocycles. The maximum Gasteiger partial charge on any atom is 0.308 e. The van der Waals surface area contributed by atoms with Crippen LogP contribution in [0.5, 0.6) is 5.88 Å². The number of aliphatic carboxylic acids is 1. The summed E-state index contributed by atoms with van der Waals surface area (Å²) in [6.45, 7) is 3.27. The van der Waals surface area contributed by atoms with Crippen molar-refractivity contribution in [3.63, 3.8) is 0 Å². The third-order valence-electron chi connectivity index (χ3n) is 3.12. The fourth-order valence-corrected chi connectivity index (χ4v) is 2.29. The molecule has 1 N–H and O–H groups in total. The first-order chi connectivity index (χ1) is 8.60. The van der Waals surface area contributed by atoms with Crippen molar-refractivity contribution in [3.8, 4) is 5.88 Å². The van der Waals surface area contributed by atoms with Gasteiger partial charge in [0, 0.05) is 25.4 Å². The van der Waals surface area contributed by atoms with Crippen molar-refractivity contribution in [2.75, 3.05) is 25.1 Å². The topological polar surface area (TPSA) is 75.5 Å². The molecule has 2 atom stereocenters. The fraction of sp³-hybridized carbons (Fsp3) is 0.583. The Labute approximate surface area is 106 Å². The van der Waals surface area contributed by atoms with Crippen molar-refractivity contribution in [2.24, 2.45) is 11.8 Å². The Kier molecular flexibility index (Phi) is 3.64. The first-order valence-corrected chi connectivity index (χ1v) is 5.95. The summed E-state index contributed by atoms with van der Waals surface area (Å²) in [5.41, 5.74) is 0. The number of ether oxygens (including phenoxy) is 1. The van der Waals surface area contributed by atoms with Crippen molar-refractivity contribution >= 4 is 11.9 Å². The van der Waals surface area contributed by atoms with Crippen molar-refractivity contribution in [1.29, 1.82) is 0 Å². The van der Waals surface area contributed by atoms with Gasteiger partial charge in [0.1, 0.15) is 0 Å². The van der Waals surface area contributed by atoms with E-state index in [2.05, 4.69) is 9.97 Å². The maximum absolute atomic E-state index is 11.1. The molecule has 2 unspecified atom stereocenters. The number of aromatic nitrogens is 2. The lowest BCUT2D eigenvalue weighted by Crippen LogP contribution is -2.43. The van der Waals surface area contributed by atoms with E-state index >= 15 is 0 Å². The molecule has 0 radical (unpaired) electrons. The van der Waals surface area contributed by atoms with Gasteiger partial charge in [-0.25, -0.2) is 4.98 Å². The molecule has 98 valence electrons. The predicted octanol–water partition coefficient (Wildman–Crippen LogP) is 1.03. The van der Waals surface area contributed by atoms with Crippen LogP contribution in [0.15, 0.2) is 12.3 Å². The van der Waals surface area contributed by atoms with E-state index in [1.807, 2.05) is 11.8 Å². The molecule has 6 heteroatoms. The van der Waals surface area contributed by atoms with Gasteiger partial charge in [-0.1, -0.05) is 6.92 Å². The zero-order valence-corrected chi connectivity index (χ0v) is 10.5. The average Bonchev–Trinajstić information content (AvgIpc) is 2.38. The minimum atomic E-state index is -0.755. The minimum Gasteiger partial charge on any atom is -0.481 e. The molecular formula is C12H17N3O3. The average molecular weight is 251 g/mol. The van der Waals surface area contributed by atoms with E-state index in [0.717, 1.165) is 6.54 Å². The molecular weight excluding hydrogens is 234 g/mol. The Morgan fingerprint density at radius 2 is 2.33 bits per heavy atom. The van der Waals surface area contributed by atoms with E-state index in [4.69, 9.17) is 9.84 Å². The number of carboxylic acids is 1. The molecule has 2 heterocycles. The van der Waals surface area contributed by atoms with Gasteiger partial charge in [0.15, 0.2) is 0 Å². The molecule has 18 heavy (non-hydrogen) atoms. The van der Waals surface area contributed by atoms with Gasteiger partial charge in [0.05, 0.1) is 13.0 Å². The van der Waals surface area contributed by atoms with Gasteiger partial charge in [0.25, 0.3) is 0 Å². The monoisotopic (exact) mass is 251 g/mol. The second-order valence-electron chi connectivity index (χ2n) is 4.68. The van der Waals surface area contributed by atoms with Crippen LogP contribution in [0.4, 0.5) is 5.95 Å². The van der Waals surface area contributed by atoms with Crippen molar-refractivity contribution in [1.82, 2.24) is 9.97 Å². The normalized spacial score (nSPS) is 23.8. The molecule has 0 aromatic carbocycles. The SMILES string of the molecule is COc1ccnc(N2CC(C)CC(C(=O)O)C2)n1. The number of anilines is 1. The van der Waals surface area contributed by atoms with Crippen LogP contribution in [0.3, 0.4) is 0 Å². The predicted molar refractivity (Wildman–Crippen MR) is 65.7 cm³/mol. The van der Waals surface area contributed by atoms with Crippen LogP contribution in [0.2, 0.25) is 0 Å². The maximum atomic E-state index is 11.1. The van der Waals surface area contributed by atoms with E-state index in [-0.39, 0.29) is 5.92 Å². The van der Waals surface area contributed by atoms with Crippen molar-refractivity contribution in [3.05, 3.63) is 12.3 Å². The Hall–Kier alpha value is -1.85. The highest BCUT2D eigenvalue weighted by atomic mass is 16.5. The third kappa shape index (κ3) is 2.69. The fourth-order valence-electron chi connectivity index (χ4n) is 2.29. The van der Waals surface area contributed by atoms with Crippen LogP contribution in [-0.2, 0) is 4.79 Å². The molecule has 6 nitrogen and oxygen atoms in total. The molecule has 1 fully saturated rings. The lowest BCUT2D eigenvalue weighted by molar-refractivity contribution is -0.142. The molecule has 1 aromatic rings. The van der Waals surface area contributed by atoms with E-state index in [9.17, 15) is 4.79 Å². The van der Waals surface area contributed by atoms with Gasteiger partial charge in [-0.05, 0) is 12.3 Å². The lowest BCUT2D eigenvalue weighted by Gasteiger charge is -2.34. The van der Waals surface area contributed by atoms with Gasteiger partial charge in [-0.15, -0.1) is 0 Å². The molecule has 1 saturated heterocycles. The molecule has 1 aliphatic rings. The Morgan fingerprint density at radius 1 is 1.56 bits per heavy atom. The highest BCUT2D eigenvalue weighted by Gasteiger charge is 2.30. The Balaban J connectivity index is 2.18. The van der Waals surface area contributed by atoms with Gasteiger partial charge in [-0.2, -0.15) is 4.98 Å². The molecule has 0 spiro atoms. The second-order valence-corrected chi connectivity index (χ2v) is 4.68. The molecule has 0 bridgehead atoms. The molecule has 2 rings (SSSR count). The van der Waals surface area contributed by atoms with Crippen LogP contribution in [0, 0.1) is 11.8 Å². The first-order valence-electron chi connectivity index (χ1n) is 5.95. The van der Waals surface area contributed by atoms with Crippen LogP contribution in [-0.4, -0.2) is 41.2 Å². The summed E-state index contributed by atoms with van der Waals surface area (Å²) in [5, 5.41) is 9.13. The van der Waals surface area contributed by atoms with Gasteiger partial charge < -0.3 is 14.7 Å². The zero-order valence-electron chi connectivity index (χ0n) is 10.5. The number of methoxy groups -OCH3 is 1. The summed E-state index contributed by atoms with van der Waals surface area (Å²) in [5.74, 6) is 0.227. The standard InChI is InChI=1S/C12H17N3O3/c1-8-5-9(11(16)17)7-15(6-8)12-13-4-3-10(14-12)18-2/h3-4,8-9H,5-7H2,1-2H3,(H,16,17). The summed E-state index contributed by atoms with van der Waals surface area (Å²) in [4.78, 5) is 21.4. The van der Waals surface area contributed by atoms with Gasteiger partial charge in [0.2, 0.25) is 11.8 Å². The number of hydrogen-bond donors (Lipinski definition) is 1. The largest absolute Gasteiger partial charge is 0.481 e. The smallest absolute Gasteiger partial charge is 0.308 e. The van der Waals surface area contributed by atoms with Crippen molar-refractivity contribution < 1.29 is 14.6 Å². The zero-order chi connectivity index (χ0) is 13.1. The van der Waals surface area contributed by atoms with E-state index in [1.54, 1.807) is 19.4 Å². The highest BCUT2D eigenvalue weighted by Crippen LogP contribution is 2.25. The van der Waals surface area contributed by atoms with Gasteiger partial charge in [-0.3, -0.25) is 4.79 Å². The van der Waals surface area contributed by atoms with Crippen LogP contribution in [0.25, 0.3) is 0 Å².